The maximum Gasteiger partial charge on any atom is 0.338 e. The largest absolute Gasteiger partial charge is 0.465 e. The van der Waals surface area contributed by atoms with E-state index < -0.39 is 16.0 Å². The molecular weight excluding hydrogens is 456 g/mol. The normalized spacial score (nSPS) is 18.2. The Labute approximate surface area is 190 Å². The zero-order valence-electron chi connectivity index (χ0n) is 17.5. The first-order chi connectivity index (χ1) is 14.9. The Morgan fingerprint density at radius 3 is 2.42 bits per heavy atom. The monoisotopic (exact) mass is 482 g/mol. The van der Waals surface area contributed by atoms with Crippen LogP contribution in [-0.2, 0) is 27.6 Å². The van der Waals surface area contributed by atoms with E-state index in [1.165, 1.54) is 59.0 Å². The fraction of sp³-hybridized carbons (Fsp3) is 0.524. The predicted molar refractivity (Wildman–Crippen MR) is 121 cm³/mol. The maximum absolute atomic E-state index is 13.0. The number of fused-ring (bicyclic) bond motifs is 1. The molecule has 1 amide bonds. The Hall–Kier alpha value is -1.75. The average molecular weight is 483 g/mol. The number of ether oxygens (including phenoxy) is 1. The number of hydrogen-bond donors (Lipinski definition) is 0. The zero-order chi connectivity index (χ0) is 22.0. The molecule has 1 fully saturated rings. The highest BCUT2D eigenvalue weighted by Crippen LogP contribution is 2.30. The number of carbonyl (C=O) groups is 2. The second kappa shape index (κ2) is 9.40. The van der Waals surface area contributed by atoms with Gasteiger partial charge in [-0.2, -0.15) is 4.31 Å². The molecule has 0 bridgehead atoms. The lowest BCUT2D eigenvalue weighted by Crippen LogP contribution is -2.50. The Balaban J connectivity index is 1.41. The number of aryl methyl sites for hydroxylation is 2. The molecule has 0 unspecified atom stereocenters. The van der Waals surface area contributed by atoms with E-state index in [-0.39, 0.29) is 28.8 Å². The Bertz CT molecular complexity index is 1040. The van der Waals surface area contributed by atoms with Crippen LogP contribution in [0.15, 0.2) is 21.7 Å². The van der Waals surface area contributed by atoms with Gasteiger partial charge in [-0.3, -0.25) is 4.79 Å². The smallest absolute Gasteiger partial charge is 0.338 e. The molecular formula is C21H26N2O5S3. The number of sulfonamides is 1. The highest BCUT2D eigenvalue weighted by molar-refractivity contribution is 7.91. The van der Waals surface area contributed by atoms with Crippen molar-refractivity contribution >= 4 is 44.6 Å². The van der Waals surface area contributed by atoms with Crippen molar-refractivity contribution in [3.8, 4) is 0 Å². The molecule has 10 heteroatoms. The van der Waals surface area contributed by atoms with Crippen molar-refractivity contribution in [3.05, 3.63) is 38.4 Å². The molecule has 1 aliphatic carbocycles. The second-order valence-electron chi connectivity index (χ2n) is 7.82. The Morgan fingerprint density at radius 2 is 1.71 bits per heavy atom. The summed E-state index contributed by atoms with van der Waals surface area (Å²) >= 11 is 2.61. The number of piperazine rings is 1. The zero-order valence-corrected chi connectivity index (χ0v) is 19.9. The van der Waals surface area contributed by atoms with E-state index in [0.29, 0.717) is 13.1 Å². The molecule has 7 nitrogen and oxygen atoms in total. The van der Waals surface area contributed by atoms with Crippen molar-refractivity contribution < 1.29 is 22.7 Å². The van der Waals surface area contributed by atoms with Gasteiger partial charge in [-0.25, -0.2) is 13.2 Å². The van der Waals surface area contributed by atoms with E-state index in [1.54, 1.807) is 16.2 Å². The molecule has 4 rings (SSSR count). The van der Waals surface area contributed by atoms with Crippen LogP contribution in [0.3, 0.4) is 0 Å². The number of thiophene rings is 2. The summed E-state index contributed by atoms with van der Waals surface area (Å²) in [6.07, 6.45) is 6.95. The standard InChI is InChI=1S/C21H26N2O5S3/c1-28-21(25)16-13-19(29-14-16)31(26,27)23-10-8-22(9-11-23)20(24)18-12-15-6-4-2-3-5-7-17(15)30-18/h12-14H,2-11H2,1H3. The van der Waals surface area contributed by atoms with Crippen LogP contribution in [0.1, 0.15) is 56.2 Å². The number of carbonyl (C=O) groups excluding carboxylic acids is 2. The SMILES string of the molecule is COC(=O)c1csc(S(=O)(=O)N2CCN(C(=O)c3cc4c(s3)CCCCCC4)CC2)c1. The fourth-order valence-electron chi connectivity index (χ4n) is 4.04. The molecule has 31 heavy (non-hydrogen) atoms. The third-order valence-electron chi connectivity index (χ3n) is 5.82. The van der Waals surface area contributed by atoms with Crippen molar-refractivity contribution in [2.75, 3.05) is 33.3 Å². The minimum absolute atomic E-state index is 0.00195. The van der Waals surface area contributed by atoms with Crippen LogP contribution in [0.25, 0.3) is 0 Å². The molecule has 0 radical (unpaired) electrons. The fourth-order valence-corrected chi connectivity index (χ4v) is 7.99. The van der Waals surface area contributed by atoms with Gasteiger partial charge in [0, 0.05) is 36.4 Å². The van der Waals surface area contributed by atoms with E-state index >= 15 is 0 Å². The van der Waals surface area contributed by atoms with Gasteiger partial charge >= 0.3 is 5.97 Å². The summed E-state index contributed by atoms with van der Waals surface area (Å²) in [4.78, 5) is 28.5. The van der Waals surface area contributed by atoms with Gasteiger partial charge < -0.3 is 9.64 Å². The van der Waals surface area contributed by atoms with Crippen LogP contribution >= 0.6 is 22.7 Å². The van der Waals surface area contributed by atoms with Crippen molar-refractivity contribution in [1.82, 2.24) is 9.21 Å². The third kappa shape index (κ3) is 4.72. The highest BCUT2D eigenvalue weighted by Gasteiger charge is 2.32. The van der Waals surface area contributed by atoms with Crippen LogP contribution in [0.2, 0.25) is 0 Å². The summed E-state index contributed by atoms with van der Waals surface area (Å²) in [6, 6.07) is 3.40. The van der Waals surface area contributed by atoms with Crippen LogP contribution in [-0.4, -0.2) is 62.8 Å². The lowest BCUT2D eigenvalue weighted by atomic mass is 10.00. The van der Waals surface area contributed by atoms with Crippen molar-refractivity contribution in [3.63, 3.8) is 0 Å². The first-order valence-corrected chi connectivity index (χ1v) is 13.6. The molecule has 168 valence electrons. The minimum atomic E-state index is -3.70. The molecule has 0 aromatic carbocycles. The summed E-state index contributed by atoms with van der Waals surface area (Å²) in [5.74, 6) is -0.559. The number of esters is 1. The molecule has 0 saturated carbocycles. The third-order valence-corrected chi connectivity index (χ3v) is 10.4. The van der Waals surface area contributed by atoms with Crippen molar-refractivity contribution in [2.45, 2.75) is 42.7 Å². The van der Waals surface area contributed by atoms with Gasteiger partial charge in [-0.1, -0.05) is 12.8 Å². The number of rotatable bonds is 4. The highest BCUT2D eigenvalue weighted by atomic mass is 32.2. The molecule has 0 spiro atoms. The summed E-state index contributed by atoms with van der Waals surface area (Å²) in [5.41, 5.74) is 1.54. The van der Waals surface area contributed by atoms with Gasteiger partial charge in [0.05, 0.1) is 17.6 Å². The summed E-state index contributed by atoms with van der Waals surface area (Å²) < 4.78 is 32.0. The summed E-state index contributed by atoms with van der Waals surface area (Å²) in [5, 5.41) is 1.49. The molecule has 3 heterocycles. The van der Waals surface area contributed by atoms with Gasteiger partial charge in [0.2, 0.25) is 0 Å². The number of nitrogens with zero attached hydrogens (tertiary/aromatic N) is 2. The molecule has 1 aliphatic heterocycles. The van der Waals surface area contributed by atoms with Crippen LogP contribution in [0.5, 0.6) is 0 Å². The number of hydrogen-bond acceptors (Lipinski definition) is 7. The Kier molecular flexibility index (Phi) is 6.80. The van der Waals surface area contributed by atoms with Crippen LogP contribution in [0.4, 0.5) is 0 Å². The second-order valence-corrected chi connectivity index (χ2v) is 12.0. The molecule has 1 saturated heterocycles. The summed E-state index contributed by atoms with van der Waals surface area (Å²) in [6.45, 7) is 1.20. The molecule has 0 atom stereocenters. The topological polar surface area (TPSA) is 84.0 Å². The maximum atomic E-state index is 13.0. The Morgan fingerprint density at radius 1 is 1.00 bits per heavy atom. The number of methoxy groups -OCH3 is 1. The van der Waals surface area contributed by atoms with E-state index in [4.69, 9.17) is 0 Å². The first-order valence-electron chi connectivity index (χ1n) is 10.5. The molecule has 2 aromatic heterocycles. The molecule has 2 aliphatic rings. The summed E-state index contributed by atoms with van der Waals surface area (Å²) in [7, 11) is -2.44. The minimum Gasteiger partial charge on any atom is -0.465 e. The quantitative estimate of drug-likeness (QED) is 0.624. The lowest BCUT2D eigenvalue weighted by molar-refractivity contribution is 0.0600. The van der Waals surface area contributed by atoms with Gasteiger partial charge in [0.1, 0.15) is 4.21 Å². The van der Waals surface area contributed by atoms with Crippen LogP contribution < -0.4 is 0 Å². The van der Waals surface area contributed by atoms with Crippen molar-refractivity contribution in [2.24, 2.45) is 0 Å². The van der Waals surface area contributed by atoms with E-state index in [2.05, 4.69) is 10.8 Å². The first kappa shape index (κ1) is 22.4. The van der Waals surface area contributed by atoms with Gasteiger partial charge in [-0.15, -0.1) is 22.7 Å². The number of amides is 1. The van der Waals surface area contributed by atoms with Crippen LogP contribution in [0, 0.1) is 0 Å². The molecule has 2 aromatic rings. The predicted octanol–water partition coefficient (Wildman–Crippen LogP) is 3.40. The van der Waals surface area contributed by atoms with Gasteiger partial charge in [-0.05, 0) is 43.4 Å². The van der Waals surface area contributed by atoms with E-state index in [1.807, 2.05) is 0 Å². The lowest BCUT2D eigenvalue weighted by Gasteiger charge is -2.33. The van der Waals surface area contributed by atoms with Gasteiger partial charge in [0.15, 0.2) is 0 Å². The molecule has 0 N–H and O–H groups in total. The van der Waals surface area contributed by atoms with Crippen molar-refractivity contribution in [1.29, 1.82) is 0 Å². The van der Waals surface area contributed by atoms with E-state index in [9.17, 15) is 18.0 Å². The van der Waals surface area contributed by atoms with Gasteiger partial charge in [0.25, 0.3) is 15.9 Å². The average Bonchev–Trinajstić information content (AvgIpc) is 3.41. The van der Waals surface area contributed by atoms with E-state index in [0.717, 1.165) is 29.1 Å².